The van der Waals surface area contributed by atoms with Gasteiger partial charge in [0, 0.05) is 19.3 Å². The van der Waals surface area contributed by atoms with Crippen LogP contribution in [-0.4, -0.2) is 204 Å². The molecule has 0 spiro atoms. The molecule has 18 atom stereocenters. The number of phosphoric acid groups is 1. The molecule has 2 aliphatic heterocycles. The molecule has 0 aromatic carbocycles. The predicted octanol–water partition coefficient (Wildman–Crippen LogP) is 12.7. The standard InChI is InChI=1S/C78H145O24P/c1-4-7-10-13-16-19-22-25-28-30-33-35-38-41-44-47-50-53-63(81)95-58-61-66(84)68(86)73(91)78(99-61)101-75-71(89)69(87)70(88)74(100-77-72(90)67(85)65(83)60(55-79)98-77)76(75)102-103(92,93)96-57-59(56-94-62(80)52-49-46-43-40-37-34-31-27-24-21-18-15-12-9-6-3)97-64(82)54-51-48-45-42-39-36-32-29-26-23-20-17-14-11-8-5-2/h21,24,59-61,65-79,83-91H,4-20,22-23,25-58H2,1-3H3,(H,92,93)/b24-21-. The number of aliphatic hydroxyl groups excluding tert-OH is 10. The molecule has 3 aliphatic rings. The fourth-order valence-electron chi connectivity index (χ4n) is 13.6. The van der Waals surface area contributed by atoms with Gasteiger partial charge in [-0.25, -0.2) is 4.57 Å². The zero-order valence-electron chi connectivity index (χ0n) is 63.6. The molecule has 2 heterocycles. The highest BCUT2D eigenvalue weighted by molar-refractivity contribution is 7.47. The number of phosphoric ester groups is 1. The van der Waals surface area contributed by atoms with Crippen molar-refractivity contribution < 1.29 is 117 Å². The monoisotopic (exact) mass is 1500 g/mol. The van der Waals surface area contributed by atoms with E-state index in [1.807, 2.05) is 0 Å². The fourth-order valence-corrected chi connectivity index (χ4v) is 14.6. The van der Waals surface area contributed by atoms with Crippen molar-refractivity contribution in [1.29, 1.82) is 0 Å². The van der Waals surface area contributed by atoms with Gasteiger partial charge in [-0.05, 0) is 44.9 Å². The Labute approximate surface area is 618 Å². The smallest absolute Gasteiger partial charge is 0.463 e. The molecule has 0 bridgehead atoms. The summed E-state index contributed by atoms with van der Waals surface area (Å²) in [4.78, 5) is 51.2. The number of allylic oxidation sites excluding steroid dienone is 2. The first-order chi connectivity index (χ1) is 49.8. The molecule has 24 nitrogen and oxygen atoms in total. The van der Waals surface area contributed by atoms with Crippen LogP contribution in [0.15, 0.2) is 12.2 Å². The molecule has 606 valence electrons. The van der Waals surface area contributed by atoms with Gasteiger partial charge >= 0.3 is 25.7 Å². The number of rotatable bonds is 65. The van der Waals surface area contributed by atoms with Gasteiger partial charge in [0.2, 0.25) is 0 Å². The summed E-state index contributed by atoms with van der Waals surface area (Å²) in [7, 11) is -5.70. The Balaban J connectivity index is 1.69. The molecule has 25 heteroatoms. The molecule has 2 saturated heterocycles. The van der Waals surface area contributed by atoms with Crippen LogP contribution in [0.4, 0.5) is 0 Å². The van der Waals surface area contributed by atoms with E-state index in [0.29, 0.717) is 19.3 Å². The van der Waals surface area contributed by atoms with E-state index < -0.39 is 156 Å². The molecule has 11 N–H and O–H groups in total. The van der Waals surface area contributed by atoms with E-state index in [0.717, 1.165) is 116 Å². The van der Waals surface area contributed by atoms with Gasteiger partial charge in [-0.1, -0.05) is 283 Å². The van der Waals surface area contributed by atoms with Crippen molar-refractivity contribution in [2.24, 2.45) is 0 Å². The third-order valence-electron chi connectivity index (χ3n) is 20.3. The lowest BCUT2D eigenvalue weighted by molar-refractivity contribution is -0.360. The molecular formula is C78H145O24P. The lowest BCUT2D eigenvalue weighted by atomic mass is 9.84. The van der Waals surface area contributed by atoms with E-state index in [4.69, 9.17) is 42.2 Å². The van der Waals surface area contributed by atoms with Crippen molar-refractivity contribution in [2.75, 3.05) is 26.4 Å². The van der Waals surface area contributed by atoms with Crippen molar-refractivity contribution in [2.45, 2.75) is 440 Å². The van der Waals surface area contributed by atoms with Crippen molar-refractivity contribution in [3.8, 4) is 0 Å². The number of aliphatic hydroxyl groups is 10. The third kappa shape index (κ3) is 41.9. The topological polar surface area (TPSA) is 374 Å². The largest absolute Gasteiger partial charge is 0.472 e. The lowest BCUT2D eigenvalue weighted by Gasteiger charge is -2.49. The molecule has 0 aromatic rings. The fraction of sp³-hybridized carbons (Fsp3) is 0.936. The maximum absolute atomic E-state index is 14.4. The molecule has 103 heavy (non-hydrogen) atoms. The van der Waals surface area contributed by atoms with E-state index in [2.05, 4.69) is 32.9 Å². The number of carbonyl (C=O) groups is 3. The number of hydrogen-bond acceptors (Lipinski definition) is 23. The van der Waals surface area contributed by atoms with Gasteiger partial charge in [0.15, 0.2) is 18.7 Å². The number of ether oxygens (including phenoxy) is 7. The van der Waals surface area contributed by atoms with Gasteiger partial charge in [0.1, 0.15) is 98.7 Å². The summed E-state index contributed by atoms with van der Waals surface area (Å²) < 4.78 is 65.2. The molecule has 3 fully saturated rings. The summed E-state index contributed by atoms with van der Waals surface area (Å²) in [5, 5.41) is 110. The Hall–Kier alpha value is -2.30. The minimum Gasteiger partial charge on any atom is -0.463 e. The van der Waals surface area contributed by atoms with Gasteiger partial charge < -0.3 is 89.1 Å². The Morgan fingerprint density at radius 3 is 1.06 bits per heavy atom. The van der Waals surface area contributed by atoms with Crippen molar-refractivity contribution in [1.82, 2.24) is 0 Å². The van der Waals surface area contributed by atoms with Crippen LogP contribution < -0.4 is 0 Å². The minimum absolute atomic E-state index is 0.0331. The molecule has 3 rings (SSSR count). The first-order valence-electron chi connectivity index (χ1n) is 41.0. The average Bonchev–Trinajstić information content (AvgIpc) is 0.762. The molecule has 18 unspecified atom stereocenters. The Bertz CT molecular complexity index is 2160. The summed E-state index contributed by atoms with van der Waals surface area (Å²) in [5.41, 5.74) is 0. The molecule has 0 radical (unpaired) electrons. The van der Waals surface area contributed by atoms with E-state index in [1.165, 1.54) is 161 Å². The number of carbonyl (C=O) groups excluding carboxylic acids is 3. The Morgan fingerprint density at radius 2 is 0.680 bits per heavy atom. The normalized spacial score (nSPS) is 26.9. The van der Waals surface area contributed by atoms with Gasteiger partial charge in [0.05, 0.1) is 13.2 Å². The molecule has 0 aromatic heterocycles. The summed E-state index contributed by atoms with van der Waals surface area (Å²) in [5.74, 6) is -1.98. The van der Waals surface area contributed by atoms with Crippen LogP contribution in [0.25, 0.3) is 0 Å². The van der Waals surface area contributed by atoms with E-state index in [9.17, 15) is 74.9 Å². The van der Waals surface area contributed by atoms with Gasteiger partial charge in [-0.2, -0.15) is 0 Å². The predicted molar refractivity (Wildman–Crippen MR) is 393 cm³/mol. The highest BCUT2D eigenvalue weighted by atomic mass is 31.2. The first kappa shape index (κ1) is 94.9. The van der Waals surface area contributed by atoms with Crippen LogP contribution in [0.5, 0.6) is 0 Å². The van der Waals surface area contributed by atoms with Crippen LogP contribution in [0.1, 0.15) is 335 Å². The lowest BCUT2D eigenvalue weighted by Crippen LogP contribution is -2.69. The molecule has 1 aliphatic carbocycles. The van der Waals surface area contributed by atoms with Crippen molar-refractivity contribution in [3.63, 3.8) is 0 Å². The average molecular weight is 1500 g/mol. The maximum atomic E-state index is 14.4. The number of esters is 3. The van der Waals surface area contributed by atoms with Crippen LogP contribution in [0.2, 0.25) is 0 Å². The Kier molecular flexibility index (Phi) is 54.9. The second-order valence-corrected chi connectivity index (χ2v) is 30.9. The summed E-state index contributed by atoms with van der Waals surface area (Å²) in [6.45, 7) is 3.49. The van der Waals surface area contributed by atoms with Crippen LogP contribution >= 0.6 is 7.82 Å². The van der Waals surface area contributed by atoms with Gasteiger partial charge in [-0.15, -0.1) is 0 Å². The zero-order valence-corrected chi connectivity index (χ0v) is 64.5. The van der Waals surface area contributed by atoms with Crippen LogP contribution in [0, 0.1) is 0 Å². The number of hydrogen-bond donors (Lipinski definition) is 11. The van der Waals surface area contributed by atoms with E-state index >= 15 is 0 Å². The van der Waals surface area contributed by atoms with Crippen molar-refractivity contribution >= 4 is 25.7 Å². The van der Waals surface area contributed by atoms with Gasteiger partial charge in [-0.3, -0.25) is 23.4 Å². The summed E-state index contributed by atoms with van der Waals surface area (Å²) >= 11 is 0. The second-order valence-electron chi connectivity index (χ2n) is 29.5. The van der Waals surface area contributed by atoms with Crippen molar-refractivity contribution in [3.05, 3.63) is 12.2 Å². The molecule has 0 amide bonds. The Morgan fingerprint density at radius 1 is 0.369 bits per heavy atom. The maximum Gasteiger partial charge on any atom is 0.472 e. The molecule has 1 saturated carbocycles. The highest BCUT2D eigenvalue weighted by Gasteiger charge is 2.58. The van der Waals surface area contributed by atoms with Gasteiger partial charge in [0.25, 0.3) is 0 Å². The van der Waals surface area contributed by atoms with E-state index in [1.54, 1.807) is 0 Å². The second kappa shape index (κ2) is 59.6. The van der Waals surface area contributed by atoms with E-state index in [-0.39, 0.29) is 19.3 Å². The van der Waals surface area contributed by atoms with Crippen LogP contribution in [0.3, 0.4) is 0 Å². The number of unbranched alkanes of at least 4 members (excludes halogenated alkanes) is 42. The quantitative estimate of drug-likeness (QED) is 0.00886. The highest BCUT2D eigenvalue weighted by Crippen LogP contribution is 2.49. The molecular weight excluding hydrogens is 1350 g/mol. The third-order valence-corrected chi connectivity index (χ3v) is 21.3. The SMILES string of the molecule is CCCCCC/C=C\CCCCCCCCCC(=O)OCC(COP(=O)(O)OC1C(OC2OC(CO)C(O)C(O)C2O)C(O)C(O)C(O)C1OC1OC(COC(=O)CCCCCCCCCCCCCCCCCCC)C(O)C(O)C1O)OC(=O)CCCCCCCCCCCCCCCCCC. The summed E-state index contributed by atoms with van der Waals surface area (Å²) in [6, 6.07) is 0. The first-order valence-corrected chi connectivity index (χ1v) is 42.5. The van der Waals surface area contributed by atoms with Crippen LogP contribution in [-0.2, 0) is 61.2 Å². The summed E-state index contributed by atoms with van der Waals surface area (Å²) in [6.07, 6.45) is 21.0. The minimum atomic E-state index is -5.70. The zero-order chi connectivity index (χ0) is 75.3.